The summed E-state index contributed by atoms with van der Waals surface area (Å²) in [5, 5.41) is 6.47. The summed E-state index contributed by atoms with van der Waals surface area (Å²) >= 11 is 1.75. The van der Waals surface area contributed by atoms with E-state index in [0.29, 0.717) is 19.6 Å². The van der Waals surface area contributed by atoms with Gasteiger partial charge in [0.15, 0.2) is 0 Å². The van der Waals surface area contributed by atoms with Crippen molar-refractivity contribution in [3.05, 3.63) is 30.1 Å². The number of ether oxygens (including phenoxy) is 1. The third-order valence-corrected chi connectivity index (χ3v) is 5.22. The Morgan fingerprint density at radius 2 is 2.12 bits per heavy atom. The second kappa shape index (κ2) is 13.6. The topological polar surface area (TPSA) is 63.2 Å². The van der Waals surface area contributed by atoms with Crippen LogP contribution in [0.15, 0.2) is 24.4 Å². The van der Waals surface area contributed by atoms with Gasteiger partial charge in [0.25, 0.3) is 0 Å². The van der Waals surface area contributed by atoms with Crippen molar-refractivity contribution in [1.82, 2.24) is 15.6 Å². The van der Waals surface area contributed by atoms with Crippen molar-refractivity contribution in [3.8, 4) is 0 Å². The van der Waals surface area contributed by atoms with Crippen LogP contribution in [-0.2, 0) is 15.3 Å². The third-order valence-electron chi connectivity index (χ3n) is 4.22. The minimum absolute atomic E-state index is 0. The number of halogens is 2. The van der Waals surface area contributed by atoms with Gasteiger partial charge in [-0.25, -0.2) is 0 Å². The van der Waals surface area contributed by atoms with Crippen LogP contribution in [0.3, 0.4) is 0 Å². The average Bonchev–Trinajstić information content (AvgIpc) is 2.59. The van der Waals surface area contributed by atoms with Crippen molar-refractivity contribution in [2.75, 3.05) is 39.1 Å². The Morgan fingerprint density at radius 1 is 1.36 bits per heavy atom. The first-order valence-electron chi connectivity index (χ1n) is 8.18. The molecule has 1 aliphatic heterocycles. The highest BCUT2D eigenvalue weighted by Gasteiger charge is 2.32. The number of aromatic nitrogens is 1. The van der Waals surface area contributed by atoms with Crippen LogP contribution >= 0.6 is 36.6 Å². The number of amides is 1. The fraction of sp³-hybridized carbons (Fsp3) is 0.647. The predicted molar refractivity (Wildman–Crippen MR) is 109 cm³/mol. The van der Waals surface area contributed by atoms with Gasteiger partial charge in [-0.1, -0.05) is 6.07 Å². The standard InChI is InChI=1S/C17H27N3O2S.2ClH/c1-22-14-17(6-9-18-10-7-17)13-20-16(21)5-11-23-12-15-4-2-3-8-19-15;;/h2-4,8,18H,5-7,9-14H2,1H3,(H,20,21);2*1H. The number of piperidine rings is 1. The Kier molecular flexibility index (Phi) is 13.4. The van der Waals surface area contributed by atoms with Crippen LogP contribution in [0.4, 0.5) is 0 Å². The zero-order valence-corrected chi connectivity index (χ0v) is 17.1. The van der Waals surface area contributed by atoms with Crippen LogP contribution < -0.4 is 10.6 Å². The molecule has 1 fully saturated rings. The van der Waals surface area contributed by atoms with Gasteiger partial charge in [-0.2, -0.15) is 11.8 Å². The van der Waals surface area contributed by atoms with Crippen LogP contribution in [0.1, 0.15) is 25.0 Å². The molecule has 0 aromatic carbocycles. The van der Waals surface area contributed by atoms with Crippen LogP contribution in [0.5, 0.6) is 0 Å². The molecule has 0 saturated carbocycles. The van der Waals surface area contributed by atoms with E-state index in [9.17, 15) is 4.79 Å². The number of carbonyl (C=O) groups is 1. The highest BCUT2D eigenvalue weighted by Crippen LogP contribution is 2.28. The van der Waals surface area contributed by atoms with E-state index in [-0.39, 0.29) is 36.1 Å². The number of pyridine rings is 1. The summed E-state index contributed by atoms with van der Waals surface area (Å²) < 4.78 is 5.37. The van der Waals surface area contributed by atoms with E-state index in [4.69, 9.17) is 4.74 Å². The van der Waals surface area contributed by atoms with E-state index in [0.717, 1.165) is 43.1 Å². The Morgan fingerprint density at radius 3 is 2.76 bits per heavy atom. The number of rotatable bonds is 9. The zero-order valence-electron chi connectivity index (χ0n) is 14.7. The number of hydrogen-bond donors (Lipinski definition) is 2. The summed E-state index contributed by atoms with van der Waals surface area (Å²) in [5.41, 5.74) is 1.16. The molecule has 0 atom stereocenters. The predicted octanol–water partition coefficient (Wildman–Crippen LogP) is 2.68. The third kappa shape index (κ3) is 9.11. The van der Waals surface area contributed by atoms with Crippen molar-refractivity contribution in [2.24, 2.45) is 5.41 Å². The molecule has 25 heavy (non-hydrogen) atoms. The van der Waals surface area contributed by atoms with E-state index in [1.165, 1.54) is 0 Å². The lowest BCUT2D eigenvalue weighted by molar-refractivity contribution is -0.121. The smallest absolute Gasteiger partial charge is 0.220 e. The van der Waals surface area contributed by atoms with Crippen LogP contribution in [-0.4, -0.2) is 50.0 Å². The van der Waals surface area contributed by atoms with E-state index >= 15 is 0 Å². The maximum absolute atomic E-state index is 12.0. The molecule has 144 valence electrons. The van der Waals surface area contributed by atoms with Crippen LogP contribution in [0, 0.1) is 5.41 Å². The van der Waals surface area contributed by atoms with Gasteiger partial charge >= 0.3 is 0 Å². The summed E-state index contributed by atoms with van der Waals surface area (Å²) in [6.45, 7) is 3.42. The van der Waals surface area contributed by atoms with Gasteiger partial charge < -0.3 is 15.4 Å². The highest BCUT2D eigenvalue weighted by molar-refractivity contribution is 7.98. The molecule has 1 aromatic heterocycles. The van der Waals surface area contributed by atoms with Gasteiger partial charge in [-0.05, 0) is 38.1 Å². The van der Waals surface area contributed by atoms with Crippen molar-refractivity contribution in [3.63, 3.8) is 0 Å². The number of hydrogen-bond acceptors (Lipinski definition) is 5. The highest BCUT2D eigenvalue weighted by atomic mass is 35.5. The summed E-state index contributed by atoms with van der Waals surface area (Å²) in [6.07, 6.45) is 4.46. The lowest BCUT2D eigenvalue weighted by atomic mass is 9.79. The van der Waals surface area contributed by atoms with Gasteiger partial charge in [0.1, 0.15) is 0 Å². The van der Waals surface area contributed by atoms with E-state index < -0.39 is 0 Å². The van der Waals surface area contributed by atoms with Gasteiger partial charge in [-0.15, -0.1) is 24.8 Å². The lowest BCUT2D eigenvalue weighted by Crippen LogP contribution is -2.47. The average molecular weight is 410 g/mol. The second-order valence-electron chi connectivity index (χ2n) is 6.08. The van der Waals surface area contributed by atoms with Crippen molar-refractivity contribution >= 4 is 42.5 Å². The maximum Gasteiger partial charge on any atom is 0.220 e. The van der Waals surface area contributed by atoms with Gasteiger partial charge in [0, 0.05) is 43.2 Å². The van der Waals surface area contributed by atoms with Gasteiger partial charge in [-0.3, -0.25) is 9.78 Å². The van der Waals surface area contributed by atoms with Crippen LogP contribution in [0.25, 0.3) is 0 Å². The molecule has 5 nitrogen and oxygen atoms in total. The Balaban J connectivity index is 0.00000288. The molecule has 2 heterocycles. The molecule has 2 rings (SSSR count). The minimum Gasteiger partial charge on any atom is -0.384 e. The van der Waals surface area contributed by atoms with Crippen molar-refractivity contribution in [1.29, 1.82) is 0 Å². The Bertz CT molecular complexity index is 469. The Labute approximate surface area is 167 Å². The number of nitrogens with one attached hydrogen (secondary N) is 2. The minimum atomic E-state index is 0. The molecule has 0 aliphatic carbocycles. The molecular formula is C17H29Cl2N3O2S. The quantitative estimate of drug-likeness (QED) is 0.613. The first kappa shape index (κ1) is 24.5. The maximum atomic E-state index is 12.0. The molecule has 0 bridgehead atoms. The molecule has 2 N–H and O–H groups in total. The van der Waals surface area contributed by atoms with Gasteiger partial charge in [0.05, 0.1) is 12.3 Å². The molecule has 8 heteroatoms. The van der Waals surface area contributed by atoms with Crippen molar-refractivity contribution in [2.45, 2.75) is 25.0 Å². The fourth-order valence-electron chi connectivity index (χ4n) is 2.84. The summed E-state index contributed by atoms with van der Waals surface area (Å²) in [7, 11) is 1.74. The molecule has 1 aromatic rings. The van der Waals surface area contributed by atoms with E-state index in [1.807, 2.05) is 18.2 Å². The van der Waals surface area contributed by atoms with Crippen LogP contribution in [0.2, 0.25) is 0 Å². The Hall–Kier alpha value is -0.530. The molecule has 1 aliphatic rings. The number of carbonyl (C=O) groups excluding carboxylic acids is 1. The number of thioether (sulfide) groups is 1. The first-order chi connectivity index (χ1) is 11.2. The number of methoxy groups -OCH3 is 1. The summed E-state index contributed by atoms with van der Waals surface area (Å²) in [5.74, 6) is 1.81. The zero-order chi connectivity index (χ0) is 16.4. The van der Waals surface area contributed by atoms with Gasteiger partial charge in [0.2, 0.25) is 5.91 Å². The second-order valence-corrected chi connectivity index (χ2v) is 7.19. The monoisotopic (exact) mass is 409 g/mol. The SMILES string of the molecule is COCC1(CNC(=O)CCSCc2ccccn2)CCNCC1.Cl.Cl. The number of nitrogens with zero attached hydrogens (tertiary/aromatic N) is 1. The molecule has 0 radical (unpaired) electrons. The fourth-order valence-corrected chi connectivity index (χ4v) is 3.69. The summed E-state index contributed by atoms with van der Waals surface area (Å²) in [6, 6.07) is 5.92. The molecule has 0 unspecified atom stereocenters. The first-order valence-corrected chi connectivity index (χ1v) is 9.34. The molecule has 0 spiro atoms. The lowest BCUT2D eigenvalue weighted by Gasteiger charge is -2.37. The van der Waals surface area contributed by atoms with Crippen molar-refractivity contribution < 1.29 is 9.53 Å². The molecular weight excluding hydrogens is 381 g/mol. The normalized spacial score (nSPS) is 15.6. The van der Waals surface area contributed by atoms with E-state index in [1.54, 1.807) is 25.1 Å². The summed E-state index contributed by atoms with van der Waals surface area (Å²) in [4.78, 5) is 16.3. The largest absolute Gasteiger partial charge is 0.384 e. The molecule has 1 saturated heterocycles. The van der Waals surface area contributed by atoms with E-state index in [2.05, 4.69) is 15.6 Å². The molecule has 1 amide bonds.